The van der Waals surface area contributed by atoms with Gasteiger partial charge in [0.15, 0.2) is 5.78 Å². The molecule has 0 N–H and O–H groups in total. The second-order valence-electron chi connectivity index (χ2n) is 5.04. The maximum atomic E-state index is 13.9. The monoisotopic (exact) mass is 312 g/mol. The summed E-state index contributed by atoms with van der Waals surface area (Å²) in [6.07, 6.45) is -2.67. The van der Waals surface area contributed by atoms with Gasteiger partial charge >= 0.3 is 0 Å². The molecule has 1 aromatic carbocycles. The highest BCUT2D eigenvalue weighted by atomic mass is 19.1. The summed E-state index contributed by atoms with van der Waals surface area (Å²) in [5, 5.41) is 21.4. The minimum absolute atomic E-state index is 0.169. The van der Waals surface area contributed by atoms with E-state index in [2.05, 4.69) is 0 Å². The molecule has 118 valence electrons. The molecule has 0 aromatic heterocycles. The topological polar surface area (TPSA) is 120 Å². The Hall–Kier alpha value is -2.71. The molecule has 1 unspecified atom stereocenters. The van der Waals surface area contributed by atoms with Crippen molar-refractivity contribution in [3.8, 4) is 0 Å². The van der Waals surface area contributed by atoms with E-state index in [1.165, 1.54) is 0 Å². The van der Waals surface area contributed by atoms with Crippen molar-refractivity contribution in [2.24, 2.45) is 5.92 Å². The molecule has 8 nitrogen and oxygen atoms in total. The summed E-state index contributed by atoms with van der Waals surface area (Å²) in [4.78, 5) is 43.0. The minimum Gasteiger partial charge on any atom is -0.296 e. The summed E-state index contributed by atoms with van der Waals surface area (Å²) in [7, 11) is 0. The molecule has 0 spiro atoms. The van der Waals surface area contributed by atoms with E-state index in [0.717, 1.165) is 0 Å². The molecule has 1 aromatic rings. The first-order valence-electron chi connectivity index (χ1n) is 6.28. The quantitative estimate of drug-likeness (QED) is 0.330. The summed E-state index contributed by atoms with van der Waals surface area (Å²) in [5.41, 5.74) is -2.02. The van der Waals surface area contributed by atoms with Crippen molar-refractivity contribution in [1.29, 1.82) is 0 Å². The number of non-ortho nitro benzene ring substituents is 2. The fourth-order valence-electron chi connectivity index (χ4n) is 1.75. The molecule has 0 radical (unpaired) electrons. The predicted molar refractivity (Wildman–Crippen MR) is 73.4 cm³/mol. The second-order valence-corrected chi connectivity index (χ2v) is 5.04. The highest BCUT2D eigenvalue weighted by molar-refractivity contribution is 6.13. The van der Waals surface area contributed by atoms with E-state index in [1.54, 1.807) is 13.8 Å². The zero-order valence-corrected chi connectivity index (χ0v) is 11.8. The zero-order valence-electron chi connectivity index (χ0n) is 11.8. The van der Waals surface area contributed by atoms with Crippen LogP contribution in [0.3, 0.4) is 0 Å². The third kappa shape index (κ3) is 4.14. The van der Waals surface area contributed by atoms with Gasteiger partial charge in [-0.15, -0.1) is 0 Å². The van der Waals surface area contributed by atoms with Crippen molar-refractivity contribution in [2.45, 2.75) is 26.4 Å². The molecule has 0 saturated heterocycles. The Morgan fingerprint density at radius 3 is 1.91 bits per heavy atom. The molecule has 1 atom stereocenters. The molecule has 0 fully saturated rings. The number of alkyl halides is 1. The first kappa shape index (κ1) is 17.3. The van der Waals surface area contributed by atoms with Crippen LogP contribution in [0.15, 0.2) is 18.2 Å². The van der Waals surface area contributed by atoms with Gasteiger partial charge in [-0.2, -0.15) is 0 Å². The Balaban J connectivity index is 3.19. The van der Waals surface area contributed by atoms with Gasteiger partial charge in [0.1, 0.15) is 0 Å². The van der Waals surface area contributed by atoms with Crippen molar-refractivity contribution in [3.05, 3.63) is 44.0 Å². The van der Waals surface area contributed by atoms with Crippen LogP contribution in [0.5, 0.6) is 0 Å². The summed E-state index contributed by atoms with van der Waals surface area (Å²) in [5.74, 6) is -2.45. The fourth-order valence-corrected chi connectivity index (χ4v) is 1.75. The first-order chi connectivity index (χ1) is 10.1. The lowest BCUT2D eigenvalue weighted by molar-refractivity contribution is -0.394. The summed E-state index contributed by atoms with van der Waals surface area (Å²) in [6.45, 7) is 3.32. The molecule has 9 heteroatoms. The number of hydrogen-bond acceptors (Lipinski definition) is 6. The van der Waals surface area contributed by atoms with E-state index >= 15 is 0 Å². The van der Waals surface area contributed by atoms with E-state index in [1.807, 2.05) is 0 Å². The van der Waals surface area contributed by atoms with Crippen LogP contribution in [0.4, 0.5) is 15.8 Å². The van der Waals surface area contributed by atoms with Crippen molar-refractivity contribution < 1.29 is 23.8 Å². The SMILES string of the molecule is CC(C)CC(=O)C(F)C(=O)c1cc([N+](=O)[O-])cc([N+](=O)[O-])c1. The average Bonchev–Trinajstić information content (AvgIpc) is 2.44. The molecule has 0 aliphatic heterocycles. The third-order valence-electron chi connectivity index (χ3n) is 2.73. The predicted octanol–water partition coefficient (Wildman–Crippen LogP) is 2.64. The number of nitrogens with zero attached hydrogens (tertiary/aromatic N) is 2. The van der Waals surface area contributed by atoms with Crippen LogP contribution in [0.2, 0.25) is 0 Å². The second kappa shape index (κ2) is 6.83. The van der Waals surface area contributed by atoms with E-state index in [-0.39, 0.29) is 12.3 Å². The number of benzene rings is 1. The fraction of sp³-hybridized carbons (Fsp3) is 0.385. The highest BCUT2D eigenvalue weighted by Gasteiger charge is 2.30. The molecule has 0 heterocycles. The molecule has 0 bridgehead atoms. The number of nitro groups is 2. The van der Waals surface area contributed by atoms with E-state index in [9.17, 15) is 34.2 Å². The lowest BCUT2D eigenvalue weighted by Crippen LogP contribution is -2.27. The van der Waals surface area contributed by atoms with E-state index in [0.29, 0.717) is 18.2 Å². The molecular weight excluding hydrogens is 299 g/mol. The van der Waals surface area contributed by atoms with Crippen LogP contribution in [-0.2, 0) is 4.79 Å². The lowest BCUT2D eigenvalue weighted by atomic mass is 9.98. The minimum atomic E-state index is -2.50. The van der Waals surface area contributed by atoms with Crippen LogP contribution in [0.25, 0.3) is 0 Å². The zero-order chi connectivity index (χ0) is 17.0. The number of carbonyl (C=O) groups is 2. The molecular formula is C13H13FN2O6. The molecule has 22 heavy (non-hydrogen) atoms. The molecule has 0 aliphatic rings. The number of ketones is 2. The van der Waals surface area contributed by atoms with Gasteiger partial charge in [0.2, 0.25) is 12.0 Å². The van der Waals surface area contributed by atoms with Gasteiger partial charge in [0, 0.05) is 24.1 Å². The summed E-state index contributed by atoms with van der Waals surface area (Å²) in [6, 6.07) is 2.08. The van der Waals surface area contributed by atoms with Crippen molar-refractivity contribution in [2.75, 3.05) is 0 Å². The number of carbonyl (C=O) groups excluding carboxylic acids is 2. The van der Waals surface area contributed by atoms with Crippen LogP contribution in [0.1, 0.15) is 30.6 Å². The van der Waals surface area contributed by atoms with Crippen LogP contribution < -0.4 is 0 Å². The Morgan fingerprint density at radius 1 is 1.09 bits per heavy atom. The number of halogens is 1. The van der Waals surface area contributed by atoms with Crippen LogP contribution in [0, 0.1) is 26.1 Å². The summed E-state index contributed by atoms with van der Waals surface area (Å²) < 4.78 is 13.9. The Labute approximate surface area is 124 Å². The van der Waals surface area contributed by atoms with Gasteiger partial charge in [0.25, 0.3) is 11.4 Å². The molecule has 0 aliphatic carbocycles. The van der Waals surface area contributed by atoms with Crippen LogP contribution >= 0.6 is 0 Å². The van der Waals surface area contributed by atoms with Crippen molar-refractivity contribution in [1.82, 2.24) is 0 Å². The van der Waals surface area contributed by atoms with Gasteiger partial charge in [-0.05, 0) is 5.92 Å². The number of rotatable bonds is 7. The van der Waals surface area contributed by atoms with Gasteiger partial charge in [-0.3, -0.25) is 29.8 Å². The molecule has 0 amide bonds. The normalized spacial score (nSPS) is 12.0. The first-order valence-corrected chi connectivity index (χ1v) is 6.28. The lowest BCUT2D eigenvalue weighted by Gasteiger charge is -2.08. The number of hydrogen-bond donors (Lipinski definition) is 0. The third-order valence-corrected chi connectivity index (χ3v) is 2.73. The van der Waals surface area contributed by atoms with Crippen LogP contribution in [-0.4, -0.2) is 27.6 Å². The van der Waals surface area contributed by atoms with Gasteiger partial charge in [-0.1, -0.05) is 13.8 Å². The van der Waals surface area contributed by atoms with E-state index < -0.39 is 44.5 Å². The Kier molecular flexibility index (Phi) is 5.39. The summed E-state index contributed by atoms with van der Waals surface area (Å²) >= 11 is 0. The Morgan fingerprint density at radius 2 is 1.55 bits per heavy atom. The van der Waals surface area contributed by atoms with Gasteiger partial charge in [0.05, 0.1) is 15.9 Å². The van der Waals surface area contributed by atoms with Crippen molar-refractivity contribution >= 4 is 22.9 Å². The largest absolute Gasteiger partial charge is 0.296 e. The highest BCUT2D eigenvalue weighted by Crippen LogP contribution is 2.24. The average molecular weight is 312 g/mol. The van der Waals surface area contributed by atoms with Crippen molar-refractivity contribution in [3.63, 3.8) is 0 Å². The number of Topliss-reactive ketones (excluding diaryl/α,β-unsaturated/α-hetero) is 2. The van der Waals surface area contributed by atoms with Gasteiger partial charge in [-0.25, -0.2) is 4.39 Å². The maximum absolute atomic E-state index is 13.9. The van der Waals surface area contributed by atoms with Gasteiger partial charge < -0.3 is 0 Å². The smallest absolute Gasteiger partial charge is 0.277 e. The maximum Gasteiger partial charge on any atom is 0.277 e. The van der Waals surface area contributed by atoms with E-state index in [4.69, 9.17) is 0 Å². The Bertz CT molecular complexity index is 611. The molecule has 1 rings (SSSR count). The molecule has 0 saturated carbocycles. The number of nitro benzene ring substituents is 2. The standard InChI is InChI=1S/C13H13FN2O6/c1-7(2)3-11(17)12(14)13(18)8-4-9(15(19)20)6-10(5-8)16(21)22/h4-7,12H,3H2,1-2H3.